The minimum Gasteiger partial charge on any atom is -0.493 e. The number of ether oxygens (including phenoxy) is 1. The first-order valence-corrected chi connectivity index (χ1v) is 10.2. The first-order chi connectivity index (χ1) is 14.6. The summed E-state index contributed by atoms with van der Waals surface area (Å²) in [6.45, 7) is 4.16. The van der Waals surface area contributed by atoms with Gasteiger partial charge in [0.2, 0.25) is 0 Å². The Hall–Kier alpha value is -3.35. The third kappa shape index (κ3) is 4.45. The number of fused-ring (bicyclic) bond motifs is 1. The second-order valence-corrected chi connectivity index (χ2v) is 7.27. The van der Waals surface area contributed by atoms with Crippen molar-refractivity contribution in [3.63, 3.8) is 0 Å². The normalized spacial score (nSPS) is 18.5. The second kappa shape index (κ2) is 8.98. The van der Waals surface area contributed by atoms with Crippen molar-refractivity contribution in [2.24, 2.45) is 4.99 Å². The van der Waals surface area contributed by atoms with Crippen LogP contribution in [0.4, 0.5) is 14.9 Å². The van der Waals surface area contributed by atoms with Crippen LogP contribution >= 0.6 is 0 Å². The average Bonchev–Trinajstić information content (AvgIpc) is 3.27. The Balaban J connectivity index is 1.51. The fraction of sp³-hybridized carbons (Fsp3) is 0.304. The van der Waals surface area contributed by atoms with Crippen LogP contribution in [0.1, 0.15) is 24.5 Å². The molecule has 0 radical (unpaired) electrons. The van der Waals surface area contributed by atoms with E-state index in [-0.39, 0.29) is 17.9 Å². The molecule has 0 spiro atoms. The zero-order valence-electron chi connectivity index (χ0n) is 16.9. The highest BCUT2D eigenvalue weighted by Crippen LogP contribution is 2.36. The van der Waals surface area contributed by atoms with Crippen molar-refractivity contribution in [1.29, 1.82) is 0 Å². The molecule has 2 aromatic carbocycles. The van der Waals surface area contributed by atoms with Gasteiger partial charge in [-0.3, -0.25) is 9.89 Å². The monoisotopic (exact) mass is 408 g/mol. The molecule has 2 aliphatic rings. The molecular formula is C23H25FN4O2. The van der Waals surface area contributed by atoms with Crippen LogP contribution in [0.3, 0.4) is 0 Å². The topological polar surface area (TPSA) is 66.0 Å². The van der Waals surface area contributed by atoms with E-state index in [1.165, 1.54) is 17.7 Å². The van der Waals surface area contributed by atoms with Gasteiger partial charge in [-0.25, -0.2) is 9.18 Å². The quantitative estimate of drug-likeness (QED) is 0.792. The molecule has 2 aromatic rings. The van der Waals surface area contributed by atoms with Gasteiger partial charge in [0.25, 0.3) is 0 Å². The molecule has 2 heterocycles. The molecule has 6 nitrogen and oxygen atoms in total. The third-order valence-electron chi connectivity index (χ3n) is 5.25. The lowest BCUT2D eigenvalue weighted by Crippen LogP contribution is -2.39. The van der Waals surface area contributed by atoms with Crippen molar-refractivity contribution in [3.8, 4) is 5.75 Å². The zero-order valence-corrected chi connectivity index (χ0v) is 16.9. The number of halogens is 1. The average molecular weight is 408 g/mol. The SMILES string of the molecule is CCN(C(=O)NCc1ccc(F)cc1)c1ccc2c(c1)/C(=C/C1CN=CN1)CCO2. The number of nitrogens with zero attached hydrogens (tertiary/aromatic N) is 2. The number of aliphatic imine (C=N–C) groups is 1. The number of rotatable bonds is 5. The Morgan fingerprint density at radius 3 is 2.90 bits per heavy atom. The summed E-state index contributed by atoms with van der Waals surface area (Å²) in [4.78, 5) is 18.7. The summed E-state index contributed by atoms with van der Waals surface area (Å²) in [5.74, 6) is 0.540. The number of urea groups is 1. The largest absolute Gasteiger partial charge is 0.493 e. The van der Waals surface area contributed by atoms with Crippen molar-refractivity contribution < 1.29 is 13.9 Å². The molecule has 2 N–H and O–H groups in total. The van der Waals surface area contributed by atoms with Crippen molar-refractivity contribution in [2.45, 2.75) is 25.9 Å². The van der Waals surface area contributed by atoms with Crippen molar-refractivity contribution in [1.82, 2.24) is 10.6 Å². The van der Waals surface area contributed by atoms with E-state index in [9.17, 15) is 9.18 Å². The van der Waals surface area contributed by atoms with E-state index in [0.717, 1.165) is 35.5 Å². The van der Waals surface area contributed by atoms with Crippen LogP contribution in [0.15, 0.2) is 53.5 Å². The Kier molecular flexibility index (Phi) is 5.97. The predicted octanol–water partition coefficient (Wildman–Crippen LogP) is 3.73. The van der Waals surface area contributed by atoms with Gasteiger partial charge in [0, 0.05) is 30.8 Å². The Bertz CT molecular complexity index is 964. The highest BCUT2D eigenvalue weighted by molar-refractivity contribution is 5.93. The van der Waals surface area contributed by atoms with E-state index in [1.54, 1.807) is 23.4 Å². The summed E-state index contributed by atoms with van der Waals surface area (Å²) in [5.41, 5.74) is 3.86. The standard InChI is InChI=1S/C23H25FN4O2/c1-2-28(23(29)26-13-16-3-5-18(24)6-4-16)20-7-8-22-21(12-20)17(9-10-30-22)11-19-14-25-15-27-19/h3-8,11-12,15,19H,2,9-10,13-14H2,1H3,(H,25,27)(H,26,29)/b17-11+. The molecule has 0 bridgehead atoms. The number of hydrogen-bond donors (Lipinski definition) is 2. The molecule has 0 saturated heterocycles. The van der Waals surface area contributed by atoms with Gasteiger partial charge in [0.05, 0.1) is 25.5 Å². The number of hydrogen-bond acceptors (Lipinski definition) is 4. The van der Waals surface area contributed by atoms with Crippen LogP contribution in [0.5, 0.6) is 5.75 Å². The predicted molar refractivity (Wildman–Crippen MR) is 116 cm³/mol. The number of nitrogens with one attached hydrogen (secondary N) is 2. The molecule has 4 rings (SSSR count). The summed E-state index contributed by atoms with van der Waals surface area (Å²) in [6.07, 6.45) is 4.75. The van der Waals surface area contributed by atoms with E-state index in [1.807, 2.05) is 25.1 Å². The maximum absolute atomic E-state index is 13.1. The first-order valence-electron chi connectivity index (χ1n) is 10.2. The Morgan fingerprint density at radius 1 is 1.33 bits per heavy atom. The molecule has 0 saturated carbocycles. The molecule has 30 heavy (non-hydrogen) atoms. The lowest BCUT2D eigenvalue weighted by atomic mass is 9.97. The fourth-order valence-corrected chi connectivity index (χ4v) is 3.67. The summed E-state index contributed by atoms with van der Waals surface area (Å²) >= 11 is 0. The van der Waals surface area contributed by atoms with Gasteiger partial charge in [-0.2, -0.15) is 0 Å². The summed E-state index contributed by atoms with van der Waals surface area (Å²) in [5, 5.41) is 6.14. The number of benzene rings is 2. The highest BCUT2D eigenvalue weighted by atomic mass is 19.1. The van der Waals surface area contributed by atoms with Crippen LogP contribution in [-0.4, -0.2) is 38.1 Å². The highest BCUT2D eigenvalue weighted by Gasteiger charge is 2.21. The number of carbonyl (C=O) groups is 1. The Morgan fingerprint density at radius 2 is 2.17 bits per heavy atom. The molecule has 0 aliphatic carbocycles. The molecule has 1 unspecified atom stereocenters. The summed E-state index contributed by atoms with van der Waals surface area (Å²) in [7, 11) is 0. The minimum atomic E-state index is -0.292. The minimum absolute atomic E-state index is 0.191. The van der Waals surface area contributed by atoms with Crippen LogP contribution in [0.2, 0.25) is 0 Å². The van der Waals surface area contributed by atoms with Crippen LogP contribution in [0, 0.1) is 5.82 Å². The number of anilines is 1. The maximum Gasteiger partial charge on any atom is 0.322 e. The third-order valence-corrected chi connectivity index (χ3v) is 5.25. The van der Waals surface area contributed by atoms with Gasteiger partial charge >= 0.3 is 6.03 Å². The smallest absolute Gasteiger partial charge is 0.322 e. The fourth-order valence-electron chi connectivity index (χ4n) is 3.67. The lowest BCUT2D eigenvalue weighted by molar-refractivity contribution is 0.246. The van der Waals surface area contributed by atoms with Gasteiger partial charge in [-0.15, -0.1) is 0 Å². The Labute approximate surface area is 175 Å². The molecule has 1 atom stereocenters. The second-order valence-electron chi connectivity index (χ2n) is 7.27. The lowest BCUT2D eigenvalue weighted by Gasteiger charge is -2.26. The molecule has 0 aromatic heterocycles. The van der Waals surface area contributed by atoms with Gasteiger partial charge in [0.1, 0.15) is 11.6 Å². The van der Waals surface area contributed by atoms with Gasteiger partial charge < -0.3 is 15.4 Å². The van der Waals surface area contributed by atoms with E-state index < -0.39 is 0 Å². The van der Waals surface area contributed by atoms with Crippen LogP contribution in [-0.2, 0) is 6.54 Å². The zero-order chi connectivity index (χ0) is 20.9. The molecule has 7 heteroatoms. The summed E-state index contributed by atoms with van der Waals surface area (Å²) < 4.78 is 18.9. The van der Waals surface area contributed by atoms with E-state index >= 15 is 0 Å². The maximum atomic E-state index is 13.1. The first kappa shape index (κ1) is 19.9. The van der Waals surface area contributed by atoms with E-state index in [4.69, 9.17) is 4.74 Å². The molecule has 156 valence electrons. The van der Waals surface area contributed by atoms with E-state index in [2.05, 4.69) is 21.7 Å². The van der Waals surface area contributed by atoms with Crippen LogP contribution < -0.4 is 20.3 Å². The van der Waals surface area contributed by atoms with Gasteiger partial charge in [-0.1, -0.05) is 18.2 Å². The molecule has 0 fully saturated rings. The van der Waals surface area contributed by atoms with E-state index in [0.29, 0.717) is 19.7 Å². The molecular weight excluding hydrogens is 383 g/mol. The van der Waals surface area contributed by atoms with Crippen molar-refractivity contribution >= 4 is 23.6 Å². The summed E-state index contributed by atoms with van der Waals surface area (Å²) in [6, 6.07) is 11.9. The molecule has 2 aliphatic heterocycles. The van der Waals surface area contributed by atoms with Gasteiger partial charge in [-0.05, 0) is 48.4 Å². The van der Waals surface area contributed by atoms with Crippen molar-refractivity contribution in [2.75, 3.05) is 24.6 Å². The number of amides is 2. The van der Waals surface area contributed by atoms with Crippen LogP contribution in [0.25, 0.3) is 5.57 Å². The number of carbonyl (C=O) groups excluding carboxylic acids is 1. The molecule has 2 amide bonds. The van der Waals surface area contributed by atoms with Crippen molar-refractivity contribution in [3.05, 3.63) is 65.5 Å². The van der Waals surface area contributed by atoms with Gasteiger partial charge in [0.15, 0.2) is 0 Å².